The minimum atomic E-state index is 0.474. The Morgan fingerprint density at radius 1 is 1.25 bits per heavy atom. The molecule has 0 amide bonds. The second-order valence-electron chi connectivity index (χ2n) is 4.20. The molecule has 0 saturated heterocycles. The highest BCUT2D eigenvalue weighted by atomic mass is 35.5. The van der Waals surface area contributed by atoms with Gasteiger partial charge in [-0.15, -0.1) is 0 Å². The maximum Gasteiger partial charge on any atom is 0.213 e. The molecule has 6 heteroatoms. The third-order valence-electron chi connectivity index (χ3n) is 2.59. The Morgan fingerprint density at radius 3 is 2.85 bits per heavy atom. The number of halogens is 1. The number of rotatable bonds is 11. The van der Waals surface area contributed by atoms with Crippen molar-refractivity contribution in [3.05, 3.63) is 22.8 Å². The minimum absolute atomic E-state index is 0.474. The third kappa shape index (κ3) is 7.05. The van der Waals surface area contributed by atoms with Crippen LogP contribution in [-0.2, 0) is 16.0 Å². The molecule has 0 atom stereocenters. The Kier molecular flexibility index (Phi) is 9.32. The normalized spacial score (nSPS) is 10.8. The Hall–Kier alpha value is -0.880. The lowest BCUT2D eigenvalue weighted by Gasteiger charge is -2.09. The molecular formula is C14H23ClN2O3. The SMILES string of the molecule is CCNCc1cc(OCCOCCCOC)ncc1Cl. The van der Waals surface area contributed by atoms with Crippen molar-refractivity contribution in [2.24, 2.45) is 0 Å². The summed E-state index contributed by atoms with van der Waals surface area (Å²) in [5.41, 5.74) is 0.986. The first-order valence-electron chi connectivity index (χ1n) is 6.82. The first-order chi connectivity index (χ1) is 9.77. The van der Waals surface area contributed by atoms with E-state index in [1.54, 1.807) is 13.3 Å². The van der Waals surface area contributed by atoms with Gasteiger partial charge >= 0.3 is 0 Å². The zero-order valence-electron chi connectivity index (χ0n) is 12.2. The average Bonchev–Trinajstić information content (AvgIpc) is 2.46. The van der Waals surface area contributed by atoms with E-state index in [2.05, 4.69) is 10.3 Å². The van der Waals surface area contributed by atoms with Crippen LogP contribution in [0, 0.1) is 0 Å². The summed E-state index contributed by atoms with van der Waals surface area (Å²) >= 11 is 6.07. The Morgan fingerprint density at radius 2 is 2.10 bits per heavy atom. The molecule has 1 aromatic rings. The molecule has 1 rings (SSSR count). The standard InChI is InChI=1S/C14H23ClN2O3/c1-3-16-10-12-9-14(17-11-13(12)15)20-8-7-19-6-4-5-18-2/h9,11,16H,3-8,10H2,1-2H3. The maximum absolute atomic E-state index is 6.07. The summed E-state index contributed by atoms with van der Waals surface area (Å²) in [4.78, 5) is 4.14. The van der Waals surface area contributed by atoms with Gasteiger partial charge in [-0.3, -0.25) is 0 Å². The monoisotopic (exact) mass is 302 g/mol. The van der Waals surface area contributed by atoms with Crippen molar-refractivity contribution >= 4 is 11.6 Å². The first kappa shape index (κ1) is 17.2. The molecule has 0 spiro atoms. The lowest BCUT2D eigenvalue weighted by atomic mass is 10.2. The van der Waals surface area contributed by atoms with Crippen molar-refractivity contribution in [3.63, 3.8) is 0 Å². The zero-order valence-corrected chi connectivity index (χ0v) is 12.9. The van der Waals surface area contributed by atoms with E-state index in [-0.39, 0.29) is 0 Å². The highest BCUT2D eigenvalue weighted by molar-refractivity contribution is 6.31. The lowest BCUT2D eigenvalue weighted by Crippen LogP contribution is -2.13. The molecule has 20 heavy (non-hydrogen) atoms. The molecule has 1 N–H and O–H groups in total. The van der Waals surface area contributed by atoms with Crippen LogP contribution in [0.15, 0.2) is 12.3 Å². The quantitative estimate of drug-likeness (QED) is 0.636. The van der Waals surface area contributed by atoms with E-state index in [9.17, 15) is 0 Å². The molecular weight excluding hydrogens is 280 g/mol. The summed E-state index contributed by atoms with van der Waals surface area (Å²) in [5, 5.41) is 3.87. The van der Waals surface area contributed by atoms with Gasteiger partial charge in [-0.2, -0.15) is 0 Å². The largest absolute Gasteiger partial charge is 0.475 e. The van der Waals surface area contributed by atoms with E-state index in [4.69, 9.17) is 25.8 Å². The molecule has 0 fully saturated rings. The molecule has 0 saturated carbocycles. The van der Waals surface area contributed by atoms with E-state index in [0.717, 1.165) is 18.5 Å². The Labute approximate surface area is 125 Å². The van der Waals surface area contributed by atoms with Crippen molar-refractivity contribution in [1.29, 1.82) is 0 Å². The van der Waals surface area contributed by atoms with Gasteiger partial charge in [-0.25, -0.2) is 4.98 Å². The molecule has 5 nitrogen and oxygen atoms in total. The zero-order chi connectivity index (χ0) is 14.6. The van der Waals surface area contributed by atoms with Crippen LogP contribution in [0.1, 0.15) is 18.9 Å². The van der Waals surface area contributed by atoms with Crippen LogP contribution < -0.4 is 10.1 Å². The van der Waals surface area contributed by atoms with Gasteiger partial charge < -0.3 is 19.5 Å². The van der Waals surface area contributed by atoms with Crippen LogP contribution in [0.4, 0.5) is 0 Å². The molecule has 114 valence electrons. The van der Waals surface area contributed by atoms with Gasteiger partial charge in [0.2, 0.25) is 5.88 Å². The van der Waals surface area contributed by atoms with Gasteiger partial charge in [-0.1, -0.05) is 18.5 Å². The predicted octanol–water partition coefficient (Wildman–Crippen LogP) is 2.28. The van der Waals surface area contributed by atoms with E-state index in [1.165, 1.54) is 0 Å². The van der Waals surface area contributed by atoms with Crippen molar-refractivity contribution < 1.29 is 14.2 Å². The summed E-state index contributed by atoms with van der Waals surface area (Å²) in [5.74, 6) is 0.572. The summed E-state index contributed by atoms with van der Waals surface area (Å²) in [7, 11) is 1.68. The van der Waals surface area contributed by atoms with Crippen molar-refractivity contribution in [2.75, 3.05) is 40.1 Å². The fourth-order valence-corrected chi connectivity index (χ4v) is 1.72. The van der Waals surface area contributed by atoms with Gasteiger partial charge in [0.1, 0.15) is 6.61 Å². The number of aromatic nitrogens is 1. The molecule has 0 aromatic carbocycles. The van der Waals surface area contributed by atoms with E-state index in [1.807, 2.05) is 13.0 Å². The molecule has 0 aliphatic heterocycles. The molecule has 0 bridgehead atoms. The maximum atomic E-state index is 6.07. The highest BCUT2D eigenvalue weighted by Crippen LogP contribution is 2.19. The van der Waals surface area contributed by atoms with Crippen LogP contribution in [0.25, 0.3) is 0 Å². The summed E-state index contributed by atoms with van der Waals surface area (Å²) in [6.45, 7) is 6.06. The fourth-order valence-electron chi connectivity index (χ4n) is 1.55. The molecule has 0 aliphatic carbocycles. The average molecular weight is 303 g/mol. The van der Waals surface area contributed by atoms with Crippen LogP contribution in [0.3, 0.4) is 0 Å². The third-order valence-corrected chi connectivity index (χ3v) is 2.93. The predicted molar refractivity (Wildman–Crippen MR) is 79.4 cm³/mol. The molecule has 0 unspecified atom stereocenters. The van der Waals surface area contributed by atoms with Crippen LogP contribution in [0.5, 0.6) is 5.88 Å². The summed E-state index contributed by atoms with van der Waals surface area (Å²) in [6.07, 6.45) is 2.51. The lowest BCUT2D eigenvalue weighted by molar-refractivity contribution is 0.0795. The number of pyridine rings is 1. The molecule has 1 heterocycles. The number of ether oxygens (including phenoxy) is 3. The highest BCUT2D eigenvalue weighted by Gasteiger charge is 2.04. The fraction of sp³-hybridized carbons (Fsp3) is 0.643. The van der Waals surface area contributed by atoms with Crippen molar-refractivity contribution in [3.8, 4) is 5.88 Å². The second-order valence-corrected chi connectivity index (χ2v) is 4.61. The van der Waals surface area contributed by atoms with E-state index in [0.29, 0.717) is 43.9 Å². The van der Waals surface area contributed by atoms with Crippen molar-refractivity contribution in [2.45, 2.75) is 19.9 Å². The summed E-state index contributed by atoms with van der Waals surface area (Å²) < 4.78 is 15.9. The number of nitrogens with zero attached hydrogens (tertiary/aromatic N) is 1. The van der Waals surface area contributed by atoms with Crippen molar-refractivity contribution in [1.82, 2.24) is 10.3 Å². The van der Waals surface area contributed by atoms with E-state index >= 15 is 0 Å². The second kappa shape index (κ2) is 10.9. The molecule has 0 aliphatic rings. The smallest absolute Gasteiger partial charge is 0.213 e. The first-order valence-corrected chi connectivity index (χ1v) is 7.20. The number of methoxy groups -OCH3 is 1. The van der Waals surface area contributed by atoms with Crippen LogP contribution >= 0.6 is 11.6 Å². The molecule has 1 aromatic heterocycles. The van der Waals surface area contributed by atoms with E-state index < -0.39 is 0 Å². The van der Waals surface area contributed by atoms with Gasteiger partial charge in [0.25, 0.3) is 0 Å². The number of hydrogen-bond acceptors (Lipinski definition) is 5. The van der Waals surface area contributed by atoms with Crippen LogP contribution in [-0.4, -0.2) is 45.1 Å². The minimum Gasteiger partial charge on any atom is -0.475 e. The van der Waals surface area contributed by atoms with Crippen LogP contribution in [0.2, 0.25) is 5.02 Å². The van der Waals surface area contributed by atoms with Gasteiger partial charge in [0.05, 0.1) is 11.6 Å². The molecule has 0 radical (unpaired) electrons. The Bertz CT molecular complexity index is 377. The summed E-state index contributed by atoms with van der Waals surface area (Å²) in [6, 6.07) is 1.86. The van der Waals surface area contributed by atoms with Gasteiger partial charge in [0.15, 0.2) is 0 Å². The Balaban J connectivity index is 2.26. The van der Waals surface area contributed by atoms with Gasteiger partial charge in [0, 0.05) is 39.1 Å². The van der Waals surface area contributed by atoms with Gasteiger partial charge in [-0.05, 0) is 18.5 Å². The number of nitrogens with one attached hydrogen (secondary N) is 1. The topological polar surface area (TPSA) is 52.6 Å². The number of hydrogen-bond donors (Lipinski definition) is 1.